The van der Waals surface area contributed by atoms with Crippen LogP contribution in [0.4, 0.5) is 4.79 Å². The molecule has 0 aromatic carbocycles. The highest BCUT2D eigenvalue weighted by Gasteiger charge is 2.19. The van der Waals surface area contributed by atoms with Gasteiger partial charge in [0.05, 0.1) is 13.5 Å². The molecule has 1 aliphatic heterocycles. The van der Waals surface area contributed by atoms with E-state index in [2.05, 4.69) is 16.1 Å². The summed E-state index contributed by atoms with van der Waals surface area (Å²) in [4.78, 5) is 22.8. The van der Waals surface area contributed by atoms with Gasteiger partial charge in [0.25, 0.3) is 0 Å². The van der Waals surface area contributed by atoms with E-state index in [1.54, 1.807) is 11.8 Å². The van der Waals surface area contributed by atoms with Gasteiger partial charge in [-0.05, 0) is 17.7 Å². The molecule has 0 aromatic heterocycles. The summed E-state index contributed by atoms with van der Waals surface area (Å²) in [5, 5.41) is 11.3. The number of rotatable bonds is 5. The molecule has 1 heterocycles. The van der Waals surface area contributed by atoms with E-state index >= 15 is 0 Å². The third-order valence-corrected chi connectivity index (χ3v) is 3.30. The van der Waals surface area contributed by atoms with Crippen LogP contribution in [-0.2, 0) is 9.53 Å². The number of hydrogen-bond donors (Lipinski definition) is 2. The lowest BCUT2D eigenvalue weighted by atomic mass is 10.1. The number of carbonyl (C=O) groups is 2. The molecule has 0 bridgehead atoms. The van der Waals surface area contributed by atoms with Gasteiger partial charge < -0.3 is 15.2 Å². The second-order valence-electron chi connectivity index (χ2n) is 3.44. The van der Waals surface area contributed by atoms with E-state index in [-0.39, 0.29) is 6.42 Å². The van der Waals surface area contributed by atoms with Gasteiger partial charge in [0.2, 0.25) is 0 Å². The fraction of sp³-hybridized carbons (Fsp3) is 0.600. The van der Waals surface area contributed by atoms with Crippen LogP contribution in [0, 0.1) is 0 Å². The zero-order chi connectivity index (χ0) is 12.0. The molecule has 0 saturated carbocycles. The van der Waals surface area contributed by atoms with Gasteiger partial charge in [-0.3, -0.25) is 4.79 Å². The van der Waals surface area contributed by atoms with Crippen molar-refractivity contribution in [1.82, 2.24) is 5.32 Å². The van der Waals surface area contributed by atoms with Gasteiger partial charge in [0, 0.05) is 11.8 Å². The van der Waals surface area contributed by atoms with Crippen molar-refractivity contribution in [2.24, 2.45) is 0 Å². The van der Waals surface area contributed by atoms with Gasteiger partial charge in [-0.1, -0.05) is 6.08 Å². The van der Waals surface area contributed by atoms with E-state index < -0.39 is 18.1 Å². The van der Waals surface area contributed by atoms with Crippen molar-refractivity contribution in [3.8, 4) is 0 Å². The predicted octanol–water partition coefficient (Wildman–Crippen LogP) is 1.60. The van der Waals surface area contributed by atoms with Crippen LogP contribution in [0.3, 0.4) is 0 Å². The number of carboxylic acid groups (broad SMARTS) is 1. The normalized spacial score (nSPS) is 16.4. The van der Waals surface area contributed by atoms with Gasteiger partial charge >= 0.3 is 12.1 Å². The van der Waals surface area contributed by atoms with Gasteiger partial charge in [0.15, 0.2) is 0 Å². The summed E-state index contributed by atoms with van der Waals surface area (Å²) in [7, 11) is 1.26. The predicted molar refractivity (Wildman–Crippen MR) is 61.4 cm³/mol. The SMILES string of the molecule is COC(=O)N[C@H](CC(=O)O)CC1=CCCS1. The third kappa shape index (κ3) is 4.57. The molecule has 0 spiro atoms. The maximum Gasteiger partial charge on any atom is 0.407 e. The molecular formula is C10H15NO4S. The van der Waals surface area contributed by atoms with Gasteiger partial charge in [-0.25, -0.2) is 4.79 Å². The number of methoxy groups -OCH3 is 1. The summed E-state index contributed by atoms with van der Waals surface area (Å²) in [6.07, 6.45) is 2.98. The van der Waals surface area contributed by atoms with Crippen molar-refractivity contribution in [2.45, 2.75) is 25.3 Å². The van der Waals surface area contributed by atoms with Gasteiger partial charge in [-0.2, -0.15) is 0 Å². The average molecular weight is 245 g/mol. The molecule has 0 aromatic rings. The minimum Gasteiger partial charge on any atom is -0.481 e. The van der Waals surface area contributed by atoms with Crippen molar-refractivity contribution < 1.29 is 19.4 Å². The van der Waals surface area contributed by atoms with E-state index in [1.165, 1.54) is 7.11 Å². The van der Waals surface area contributed by atoms with Crippen LogP contribution >= 0.6 is 11.8 Å². The first-order chi connectivity index (χ1) is 7.61. The highest BCUT2D eigenvalue weighted by Crippen LogP contribution is 2.29. The molecule has 1 atom stereocenters. The lowest BCUT2D eigenvalue weighted by molar-refractivity contribution is -0.137. The van der Waals surface area contributed by atoms with Gasteiger partial charge in [0.1, 0.15) is 0 Å². The first-order valence-electron chi connectivity index (χ1n) is 5.00. The number of thioether (sulfide) groups is 1. The molecule has 6 heteroatoms. The summed E-state index contributed by atoms with van der Waals surface area (Å²) in [6, 6.07) is -0.401. The van der Waals surface area contributed by atoms with Crippen LogP contribution in [0.2, 0.25) is 0 Å². The Bertz CT molecular complexity index is 303. The Morgan fingerprint density at radius 1 is 1.69 bits per heavy atom. The maximum absolute atomic E-state index is 11.0. The van der Waals surface area contributed by atoms with E-state index in [9.17, 15) is 9.59 Å². The Morgan fingerprint density at radius 3 is 2.94 bits per heavy atom. The Hall–Kier alpha value is -1.17. The largest absolute Gasteiger partial charge is 0.481 e. The first kappa shape index (κ1) is 12.9. The third-order valence-electron chi connectivity index (χ3n) is 2.15. The van der Waals surface area contributed by atoms with Crippen LogP contribution in [-0.4, -0.2) is 36.1 Å². The molecule has 0 aliphatic carbocycles. The fourth-order valence-corrected chi connectivity index (χ4v) is 2.52. The molecule has 0 fully saturated rings. The minimum absolute atomic E-state index is 0.0903. The van der Waals surface area contributed by atoms with Crippen LogP contribution in [0.5, 0.6) is 0 Å². The number of allylic oxidation sites excluding steroid dienone is 1. The van der Waals surface area contributed by atoms with Crippen LogP contribution in [0.25, 0.3) is 0 Å². The van der Waals surface area contributed by atoms with E-state index in [1.807, 2.05) is 0 Å². The van der Waals surface area contributed by atoms with Crippen molar-refractivity contribution in [2.75, 3.05) is 12.9 Å². The maximum atomic E-state index is 11.0. The number of alkyl carbamates (subject to hydrolysis) is 1. The van der Waals surface area contributed by atoms with Crippen LogP contribution < -0.4 is 5.32 Å². The molecular weight excluding hydrogens is 230 g/mol. The molecule has 1 amide bonds. The fourth-order valence-electron chi connectivity index (χ4n) is 1.46. The van der Waals surface area contributed by atoms with Crippen molar-refractivity contribution >= 4 is 23.8 Å². The summed E-state index contributed by atoms with van der Waals surface area (Å²) >= 11 is 1.71. The smallest absolute Gasteiger partial charge is 0.407 e. The van der Waals surface area contributed by atoms with E-state index in [0.29, 0.717) is 6.42 Å². The number of carboxylic acids is 1. The molecule has 5 nitrogen and oxygen atoms in total. The lowest BCUT2D eigenvalue weighted by Gasteiger charge is -2.16. The van der Waals surface area contributed by atoms with Crippen LogP contribution in [0.1, 0.15) is 19.3 Å². The summed E-state index contributed by atoms with van der Waals surface area (Å²) in [5.41, 5.74) is 0. The van der Waals surface area contributed by atoms with Crippen LogP contribution in [0.15, 0.2) is 11.0 Å². The molecule has 16 heavy (non-hydrogen) atoms. The molecule has 90 valence electrons. The number of hydrogen-bond acceptors (Lipinski definition) is 4. The van der Waals surface area contributed by atoms with Gasteiger partial charge in [-0.15, -0.1) is 11.8 Å². The highest BCUT2D eigenvalue weighted by atomic mass is 32.2. The zero-order valence-corrected chi connectivity index (χ0v) is 9.88. The second-order valence-corrected chi connectivity index (χ2v) is 4.66. The molecule has 0 radical (unpaired) electrons. The minimum atomic E-state index is -0.926. The summed E-state index contributed by atoms with van der Waals surface area (Å²) in [6.45, 7) is 0. The molecule has 0 saturated heterocycles. The van der Waals surface area contributed by atoms with Crippen molar-refractivity contribution in [3.05, 3.63) is 11.0 Å². The first-order valence-corrected chi connectivity index (χ1v) is 5.98. The molecule has 1 aliphatic rings. The second kappa shape index (κ2) is 6.42. The average Bonchev–Trinajstić information content (AvgIpc) is 2.69. The summed E-state index contributed by atoms with van der Waals surface area (Å²) in [5.74, 6) is 0.109. The Morgan fingerprint density at radius 2 is 2.44 bits per heavy atom. The topological polar surface area (TPSA) is 75.6 Å². The lowest BCUT2D eigenvalue weighted by Crippen LogP contribution is -2.36. The summed E-state index contributed by atoms with van der Waals surface area (Å²) < 4.78 is 4.46. The van der Waals surface area contributed by atoms with Crippen molar-refractivity contribution in [1.29, 1.82) is 0 Å². The monoisotopic (exact) mass is 245 g/mol. The Labute approximate surface area is 98.2 Å². The molecule has 1 rings (SSSR count). The number of ether oxygens (including phenoxy) is 1. The number of aliphatic carboxylic acids is 1. The standard InChI is InChI=1S/C10H15NO4S/c1-15-10(14)11-7(6-9(12)13)5-8-3-2-4-16-8/h3,7H,2,4-6H2,1H3,(H,11,14)(H,12,13)/t7-/m0/s1. The van der Waals surface area contributed by atoms with E-state index in [4.69, 9.17) is 5.11 Å². The number of nitrogens with one attached hydrogen (secondary N) is 1. The highest BCUT2D eigenvalue weighted by molar-refractivity contribution is 8.03. The number of carbonyl (C=O) groups excluding carboxylic acids is 1. The Balaban J connectivity index is 2.48. The molecule has 0 unspecified atom stereocenters. The zero-order valence-electron chi connectivity index (χ0n) is 9.06. The van der Waals surface area contributed by atoms with E-state index in [0.717, 1.165) is 17.1 Å². The number of amides is 1. The molecule has 2 N–H and O–H groups in total. The Kier molecular flexibility index (Phi) is 5.18. The quantitative estimate of drug-likeness (QED) is 0.769. The van der Waals surface area contributed by atoms with Crippen molar-refractivity contribution in [3.63, 3.8) is 0 Å².